The minimum atomic E-state index is -3.57. The predicted octanol–water partition coefficient (Wildman–Crippen LogP) is 2.88. The molecule has 0 aliphatic carbocycles. The molecule has 154 valence electrons. The van der Waals surface area contributed by atoms with Crippen molar-refractivity contribution in [1.29, 1.82) is 0 Å². The number of benzene rings is 1. The summed E-state index contributed by atoms with van der Waals surface area (Å²) in [6.07, 6.45) is 0.638. The lowest BCUT2D eigenvalue weighted by Crippen LogP contribution is -2.48. The monoisotopic (exact) mass is 434 g/mol. The lowest BCUT2D eigenvalue weighted by molar-refractivity contribution is 0.379. The molecule has 1 fully saturated rings. The summed E-state index contributed by atoms with van der Waals surface area (Å²) in [7, 11) is -1.93. The topological polar surface area (TPSA) is 88.8 Å². The molecule has 0 bridgehead atoms. The van der Waals surface area contributed by atoms with Crippen molar-refractivity contribution in [3.05, 3.63) is 41.6 Å². The Bertz CT molecular complexity index is 1090. The Labute approximate surface area is 173 Å². The number of hydrogen-bond acceptors (Lipinski definition) is 8. The number of aryl methyl sites for hydroxylation is 1. The third-order valence-corrected chi connectivity index (χ3v) is 8.16. The second-order valence-electron chi connectivity index (χ2n) is 6.57. The van der Waals surface area contributed by atoms with Crippen LogP contribution < -0.4 is 9.64 Å². The number of rotatable bonds is 6. The summed E-state index contributed by atoms with van der Waals surface area (Å²) in [5.74, 6) is 1.67. The van der Waals surface area contributed by atoms with Crippen molar-refractivity contribution < 1.29 is 17.6 Å². The minimum Gasteiger partial charge on any atom is -0.495 e. The molecule has 4 rings (SSSR count). The van der Waals surface area contributed by atoms with Crippen LogP contribution in [0, 0.1) is 0 Å². The zero-order valence-electron chi connectivity index (χ0n) is 16.2. The standard InChI is InChI=1S/C19H22N4O4S2/c1-3-17-20-21-19(27-17)14-12-18(28-13-14)29(24,25)23-10-8-22(9-11-23)15-6-4-5-7-16(15)26-2/h4-7,12-13H,3,8-11H2,1-2H3. The molecule has 8 nitrogen and oxygen atoms in total. The van der Waals surface area contributed by atoms with E-state index in [1.165, 1.54) is 15.6 Å². The van der Waals surface area contributed by atoms with Gasteiger partial charge in [0.15, 0.2) is 0 Å². The Hall–Kier alpha value is -2.43. The normalized spacial score (nSPS) is 15.6. The Balaban J connectivity index is 1.48. The van der Waals surface area contributed by atoms with E-state index < -0.39 is 10.0 Å². The molecule has 3 heterocycles. The zero-order valence-corrected chi connectivity index (χ0v) is 17.9. The second-order valence-corrected chi connectivity index (χ2v) is 9.65. The second kappa shape index (κ2) is 8.13. The summed E-state index contributed by atoms with van der Waals surface area (Å²) in [4.78, 5) is 2.15. The first-order valence-electron chi connectivity index (χ1n) is 9.32. The zero-order chi connectivity index (χ0) is 20.4. The molecule has 0 atom stereocenters. The summed E-state index contributed by atoms with van der Waals surface area (Å²) in [5, 5.41) is 9.66. The summed E-state index contributed by atoms with van der Waals surface area (Å²) < 4.78 is 38.9. The van der Waals surface area contributed by atoms with E-state index in [4.69, 9.17) is 9.15 Å². The van der Waals surface area contributed by atoms with Crippen LogP contribution in [0.2, 0.25) is 0 Å². The van der Waals surface area contributed by atoms with Crippen LogP contribution in [-0.2, 0) is 16.4 Å². The van der Waals surface area contributed by atoms with Crippen LogP contribution in [0.4, 0.5) is 5.69 Å². The highest BCUT2D eigenvalue weighted by Gasteiger charge is 2.31. The fraction of sp³-hybridized carbons (Fsp3) is 0.368. The molecule has 1 aliphatic heterocycles. The molecule has 2 aromatic heterocycles. The molecule has 1 aliphatic rings. The predicted molar refractivity (Wildman–Crippen MR) is 111 cm³/mol. The van der Waals surface area contributed by atoms with Crippen molar-refractivity contribution in [2.24, 2.45) is 0 Å². The van der Waals surface area contributed by atoms with Crippen molar-refractivity contribution in [2.45, 2.75) is 17.6 Å². The van der Waals surface area contributed by atoms with Crippen molar-refractivity contribution in [3.8, 4) is 17.2 Å². The summed E-state index contributed by atoms with van der Waals surface area (Å²) in [5.41, 5.74) is 1.61. The van der Waals surface area contributed by atoms with Gasteiger partial charge >= 0.3 is 0 Å². The molecule has 0 radical (unpaired) electrons. The van der Waals surface area contributed by atoms with Gasteiger partial charge in [-0.05, 0) is 18.2 Å². The lowest BCUT2D eigenvalue weighted by Gasteiger charge is -2.35. The fourth-order valence-electron chi connectivity index (χ4n) is 3.26. The average molecular weight is 435 g/mol. The summed E-state index contributed by atoms with van der Waals surface area (Å²) in [6, 6.07) is 9.38. The van der Waals surface area contributed by atoms with Gasteiger partial charge in [-0.3, -0.25) is 0 Å². The first-order valence-corrected chi connectivity index (χ1v) is 11.6. The van der Waals surface area contributed by atoms with Crippen LogP contribution in [0.25, 0.3) is 11.5 Å². The highest BCUT2D eigenvalue weighted by atomic mass is 32.2. The fourth-order valence-corrected chi connectivity index (χ4v) is 5.99. The van der Waals surface area contributed by atoms with Gasteiger partial charge < -0.3 is 14.1 Å². The molecule has 0 spiro atoms. The van der Waals surface area contributed by atoms with Gasteiger partial charge in [-0.15, -0.1) is 21.5 Å². The van der Waals surface area contributed by atoms with E-state index in [0.29, 0.717) is 49.9 Å². The average Bonchev–Trinajstić information content (AvgIpc) is 3.43. The van der Waals surface area contributed by atoms with Gasteiger partial charge in [0, 0.05) is 38.0 Å². The summed E-state index contributed by atoms with van der Waals surface area (Å²) >= 11 is 1.17. The summed E-state index contributed by atoms with van der Waals surface area (Å²) in [6.45, 7) is 3.94. The SMILES string of the molecule is CCc1nnc(-c2csc(S(=O)(=O)N3CCN(c4ccccc4OC)CC3)c2)o1. The maximum absolute atomic E-state index is 13.1. The maximum atomic E-state index is 13.1. The number of piperazine rings is 1. The smallest absolute Gasteiger partial charge is 0.252 e. The number of hydrogen-bond donors (Lipinski definition) is 0. The van der Waals surface area contributed by atoms with Crippen LogP contribution in [0.3, 0.4) is 0 Å². The Morgan fingerprint density at radius 2 is 1.93 bits per heavy atom. The molecular weight excluding hydrogens is 412 g/mol. The van der Waals surface area contributed by atoms with E-state index in [2.05, 4.69) is 15.1 Å². The molecule has 0 unspecified atom stereocenters. The molecule has 1 aromatic carbocycles. The van der Waals surface area contributed by atoms with Gasteiger partial charge in [0.25, 0.3) is 10.0 Å². The molecule has 29 heavy (non-hydrogen) atoms. The highest BCUT2D eigenvalue weighted by molar-refractivity contribution is 7.91. The Morgan fingerprint density at radius 1 is 1.17 bits per heavy atom. The lowest BCUT2D eigenvalue weighted by atomic mass is 10.2. The Kier molecular flexibility index (Phi) is 5.57. The van der Waals surface area contributed by atoms with Gasteiger partial charge in [-0.2, -0.15) is 4.31 Å². The van der Waals surface area contributed by atoms with E-state index in [0.717, 1.165) is 11.4 Å². The van der Waals surface area contributed by atoms with Crippen molar-refractivity contribution in [3.63, 3.8) is 0 Å². The quantitative estimate of drug-likeness (QED) is 0.589. The van der Waals surface area contributed by atoms with E-state index >= 15 is 0 Å². The number of aromatic nitrogens is 2. The van der Waals surface area contributed by atoms with Crippen LogP contribution in [-0.4, -0.2) is 56.2 Å². The van der Waals surface area contributed by atoms with Gasteiger partial charge in [-0.1, -0.05) is 19.1 Å². The number of anilines is 1. The van der Waals surface area contributed by atoms with Gasteiger partial charge in [0.05, 0.1) is 18.4 Å². The van der Waals surface area contributed by atoms with E-state index in [-0.39, 0.29) is 4.21 Å². The molecule has 10 heteroatoms. The highest BCUT2D eigenvalue weighted by Crippen LogP contribution is 2.32. The number of methoxy groups -OCH3 is 1. The molecule has 0 saturated carbocycles. The number of para-hydroxylation sites is 2. The third kappa shape index (κ3) is 3.87. The first-order chi connectivity index (χ1) is 14.0. The van der Waals surface area contributed by atoms with E-state index in [1.807, 2.05) is 31.2 Å². The van der Waals surface area contributed by atoms with Crippen LogP contribution in [0.15, 0.2) is 44.3 Å². The number of nitrogens with zero attached hydrogens (tertiary/aromatic N) is 4. The van der Waals surface area contributed by atoms with Crippen molar-refractivity contribution in [1.82, 2.24) is 14.5 Å². The van der Waals surface area contributed by atoms with Crippen molar-refractivity contribution in [2.75, 3.05) is 38.2 Å². The van der Waals surface area contributed by atoms with E-state index in [9.17, 15) is 8.42 Å². The van der Waals surface area contributed by atoms with Gasteiger partial charge in [-0.25, -0.2) is 8.42 Å². The van der Waals surface area contributed by atoms with Crippen LogP contribution >= 0.6 is 11.3 Å². The first kappa shape index (κ1) is 19.9. The largest absolute Gasteiger partial charge is 0.495 e. The van der Waals surface area contributed by atoms with Crippen molar-refractivity contribution >= 4 is 27.0 Å². The molecule has 0 N–H and O–H groups in total. The number of sulfonamides is 1. The maximum Gasteiger partial charge on any atom is 0.252 e. The minimum absolute atomic E-state index is 0.287. The Morgan fingerprint density at radius 3 is 2.62 bits per heavy atom. The van der Waals surface area contributed by atoms with Crippen LogP contribution in [0.5, 0.6) is 5.75 Å². The third-order valence-electron chi connectivity index (χ3n) is 4.85. The van der Waals surface area contributed by atoms with E-state index in [1.54, 1.807) is 18.6 Å². The van der Waals surface area contributed by atoms with Gasteiger partial charge in [0.2, 0.25) is 11.8 Å². The molecule has 0 amide bonds. The molecular formula is C19H22N4O4S2. The van der Waals surface area contributed by atoms with Gasteiger partial charge in [0.1, 0.15) is 9.96 Å². The molecule has 3 aromatic rings. The number of ether oxygens (including phenoxy) is 1. The molecule has 1 saturated heterocycles. The number of thiophene rings is 1. The van der Waals surface area contributed by atoms with Crippen LogP contribution in [0.1, 0.15) is 12.8 Å².